The van der Waals surface area contributed by atoms with Crippen molar-refractivity contribution < 1.29 is 4.79 Å². The summed E-state index contributed by atoms with van der Waals surface area (Å²) in [7, 11) is 0. The zero-order chi connectivity index (χ0) is 12.5. The highest BCUT2D eigenvalue weighted by atomic mass is 32.1. The maximum absolute atomic E-state index is 11.7. The van der Waals surface area contributed by atoms with Gasteiger partial charge in [-0.25, -0.2) is 0 Å². The van der Waals surface area contributed by atoms with Crippen LogP contribution in [-0.4, -0.2) is 32.6 Å². The molecule has 18 heavy (non-hydrogen) atoms. The SMILES string of the molecule is O=C1CC(S)CN1Cc1ccc2nccnc2c1. The average Bonchev–Trinajstić information content (AvgIpc) is 2.68. The molecule has 2 aromatic rings. The largest absolute Gasteiger partial charge is 0.337 e. The lowest BCUT2D eigenvalue weighted by molar-refractivity contribution is -0.128. The van der Waals surface area contributed by atoms with Crippen LogP contribution < -0.4 is 0 Å². The quantitative estimate of drug-likeness (QED) is 0.834. The van der Waals surface area contributed by atoms with Crippen molar-refractivity contribution >= 4 is 29.6 Å². The number of carbonyl (C=O) groups excluding carboxylic acids is 1. The minimum atomic E-state index is 0.165. The molecule has 5 heteroatoms. The van der Waals surface area contributed by atoms with E-state index >= 15 is 0 Å². The molecule has 92 valence electrons. The normalized spacial score (nSPS) is 19.7. The number of carbonyl (C=O) groups is 1. The van der Waals surface area contributed by atoms with Crippen molar-refractivity contribution in [1.29, 1.82) is 0 Å². The van der Waals surface area contributed by atoms with Crippen molar-refractivity contribution in [3.8, 4) is 0 Å². The van der Waals surface area contributed by atoms with Crippen molar-refractivity contribution in [3.63, 3.8) is 0 Å². The van der Waals surface area contributed by atoms with Gasteiger partial charge in [-0.3, -0.25) is 14.8 Å². The van der Waals surface area contributed by atoms with E-state index in [0.29, 0.717) is 13.0 Å². The molecular weight excluding hydrogens is 246 g/mol. The van der Waals surface area contributed by atoms with Gasteiger partial charge in [-0.2, -0.15) is 12.6 Å². The van der Waals surface area contributed by atoms with Crippen LogP contribution in [0.1, 0.15) is 12.0 Å². The van der Waals surface area contributed by atoms with E-state index in [0.717, 1.165) is 23.1 Å². The van der Waals surface area contributed by atoms with Gasteiger partial charge in [0.1, 0.15) is 0 Å². The topological polar surface area (TPSA) is 46.1 Å². The van der Waals surface area contributed by atoms with E-state index in [-0.39, 0.29) is 11.2 Å². The van der Waals surface area contributed by atoms with E-state index < -0.39 is 0 Å². The van der Waals surface area contributed by atoms with Gasteiger partial charge in [-0.1, -0.05) is 6.07 Å². The molecule has 3 rings (SSSR count). The van der Waals surface area contributed by atoms with Gasteiger partial charge in [-0.15, -0.1) is 0 Å². The van der Waals surface area contributed by atoms with Crippen LogP contribution in [0.4, 0.5) is 0 Å². The first kappa shape index (κ1) is 11.5. The minimum absolute atomic E-state index is 0.165. The van der Waals surface area contributed by atoms with Gasteiger partial charge in [-0.05, 0) is 17.7 Å². The van der Waals surface area contributed by atoms with Crippen molar-refractivity contribution in [2.24, 2.45) is 0 Å². The molecule has 1 fully saturated rings. The molecule has 0 N–H and O–H groups in total. The second-order valence-electron chi connectivity index (χ2n) is 4.51. The molecule has 1 aromatic heterocycles. The lowest BCUT2D eigenvalue weighted by Gasteiger charge is -2.15. The van der Waals surface area contributed by atoms with Crippen molar-refractivity contribution in [2.75, 3.05) is 6.54 Å². The van der Waals surface area contributed by atoms with Crippen molar-refractivity contribution in [3.05, 3.63) is 36.2 Å². The number of benzene rings is 1. The van der Waals surface area contributed by atoms with Crippen molar-refractivity contribution in [1.82, 2.24) is 14.9 Å². The van der Waals surface area contributed by atoms with Crippen LogP contribution in [0.15, 0.2) is 30.6 Å². The maximum atomic E-state index is 11.7. The van der Waals surface area contributed by atoms with Crippen LogP contribution in [0.2, 0.25) is 0 Å². The van der Waals surface area contributed by atoms with Gasteiger partial charge in [0.05, 0.1) is 11.0 Å². The lowest BCUT2D eigenvalue weighted by Crippen LogP contribution is -2.24. The Kier molecular flexibility index (Phi) is 2.91. The highest BCUT2D eigenvalue weighted by Crippen LogP contribution is 2.19. The summed E-state index contributed by atoms with van der Waals surface area (Å²) in [6, 6.07) is 5.92. The highest BCUT2D eigenvalue weighted by Gasteiger charge is 2.26. The molecule has 0 saturated carbocycles. The molecule has 1 saturated heterocycles. The van der Waals surface area contributed by atoms with E-state index in [1.807, 2.05) is 23.1 Å². The number of rotatable bonds is 2. The molecule has 1 unspecified atom stereocenters. The molecule has 0 spiro atoms. The number of hydrogen-bond acceptors (Lipinski definition) is 4. The standard InChI is InChI=1S/C13H13N3OS/c17-13-6-10(18)8-16(13)7-9-1-2-11-12(5-9)15-4-3-14-11/h1-5,10,18H,6-8H2. The number of amides is 1. The number of hydrogen-bond donors (Lipinski definition) is 1. The van der Waals surface area contributed by atoms with E-state index in [1.54, 1.807) is 12.4 Å². The van der Waals surface area contributed by atoms with Crippen LogP contribution in [0.3, 0.4) is 0 Å². The Hall–Kier alpha value is -1.62. The molecule has 0 bridgehead atoms. The molecule has 1 aliphatic heterocycles. The molecule has 1 amide bonds. The minimum Gasteiger partial charge on any atom is -0.337 e. The summed E-state index contributed by atoms with van der Waals surface area (Å²) < 4.78 is 0. The zero-order valence-corrected chi connectivity index (χ0v) is 10.7. The number of fused-ring (bicyclic) bond motifs is 1. The Morgan fingerprint density at radius 2 is 2.06 bits per heavy atom. The van der Waals surface area contributed by atoms with Crippen LogP contribution in [-0.2, 0) is 11.3 Å². The first-order valence-corrected chi connectivity index (χ1v) is 6.39. The van der Waals surface area contributed by atoms with Gasteiger partial charge in [0, 0.05) is 37.2 Å². The highest BCUT2D eigenvalue weighted by molar-refractivity contribution is 7.81. The lowest BCUT2D eigenvalue weighted by atomic mass is 10.2. The van der Waals surface area contributed by atoms with Crippen LogP contribution >= 0.6 is 12.6 Å². The molecular formula is C13H13N3OS. The van der Waals surface area contributed by atoms with Crippen LogP contribution in [0.25, 0.3) is 11.0 Å². The second kappa shape index (κ2) is 4.57. The fourth-order valence-corrected chi connectivity index (χ4v) is 2.59. The number of nitrogens with zero attached hydrogens (tertiary/aromatic N) is 3. The zero-order valence-electron chi connectivity index (χ0n) is 9.78. The first-order chi connectivity index (χ1) is 8.72. The summed E-state index contributed by atoms with van der Waals surface area (Å²) in [5.74, 6) is 0.175. The Labute approximate surface area is 110 Å². The first-order valence-electron chi connectivity index (χ1n) is 5.88. The van der Waals surface area contributed by atoms with Gasteiger partial charge in [0.25, 0.3) is 0 Å². The molecule has 0 radical (unpaired) electrons. The molecule has 0 aliphatic carbocycles. The molecule has 4 nitrogen and oxygen atoms in total. The number of aromatic nitrogens is 2. The molecule has 2 heterocycles. The average molecular weight is 259 g/mol. The predicted octanol–water partition coefficient (Wildman–Crippen LogP) is 1.66. The third-order valence-electron chi connectivity index (χ3n) is 3.10. The second-order valence-corrected chi connectivity index (χ2v) is 5.24. The van der Waals surface area contributed by atoms with E-state index in [4.69, 9.17) is 0 Å². The molecule has 1 aromatic carbocycles. The monoisotopic (exact) mass is 259 g/mol. The summed E-state index contributed by atoms with van der Waals surface area (Å²) in [4.78, 5) is 22.0. The summed E-state index contributed by atoms with van der Waals surface area (Å²) in [6.07, 6.45) is 3.89. The third kappa shape index (κ3) is 2.18. The number of likely N-dealkylation sites (tertiary alicyclic amines) is 1. The van der Waals surface area contributed by atoms with E-state index in [2.05, 4.69) is 22.6 Å². The summed E-state index contributed by atoms with van der Waals surface area (Å²) in [5.41, 5.74) is 2.82. The van der Waals surface area contributed by atoms with Gasteiger partial charge in [0.2, 0.25) is 5.91 Å². The summed E-state index contributed by atoms with van der Waals surface area (Å²) in [5, 5.41) is 0.165. The third-order valence-corrected chi connectivity index (χ3v) is 3.45. The van der Waals surface area contributed by atoms with Gasteiger partial charge in [0.15, 0.2) is 0 Å². The summed E-state index contributed by atoms with van der Waals surface area (Å²) in [6.45, 7) is 1.35. The smallest absolute Gasteiger partial charge is 0.224 e. The Balaban J connectivity index is 1.84. The van der Waals surface area contributed by atoms with Gasteiger partial charge >= 0.3 is 0 Å². The van der Waals surface area contributed by atoms with Crippen LogP contribution in [0.5, 0.6) is 0 Å². The Morgan fingerprint density at radius 1 is 1.28 bits per heavy atom. The van der Waals surface area contributed by atoms with Crippen molar-refractivity contribution in [2.45, 2.75) is 18.2 Å². The molecule has 1 aliphatic rings. The Morgan fingerprint density at radius 3 is 2.78 bits per heavy atom. The van der Waals surface area contributed by atoms with E-state index in [1.165, 1.54) is 0 Å². The van der Waals surface area contributed by atoms with Gasteiger partial charge < -0.3 is 4.90 Å². The number of thiol groups is 1. The fourth-order valence-electron chi connectivity index (χ4n) is 2.23. The Bertz CT molecular complexity index is 602. The fraction of sp³-hybridized carbons (Fsp3) is 0.308. The maximum Gasteiger partial charge on any atom is 0.224 e. The van der Waals surface area contributed by atoms with Crippen LogP contribution in [0, 0.1) is 0 Å². The predicted molar refractivity (Wildman–Crippen MR) is 72.3 cm³/mol. The molecule has 1 atom stereocenters. The summed E-state index contributed by atoms with van der Waals surface area (Å²) >= 11 is 4.35. The van der Waals surface area contributed by atoms with E-state index in [9.17, 15) is 4.79 Å².